The second-order valence-corrected chi connectivity index (χ2v) is 4.21. The van der Waals surface area contributed by atoms with Crippen LogP contribution in [0.5, 0.6) is 0 Å². The van der Waals surface area contributed by atoms with Crippen LogP contribution in [0.15, 0.2) is 0 Å². The molecule has 0 saturated heterocycles. The molecule has 0 atom stereocenters. The highest BCUT2D eigenvalue weighted by molar-refractivity contribution is 5.81. The molecule has 0 unspecified atom stereocenters. The zero-order valence-electron chi connectivity index (χ0n) is 8.74. The summed E-state index contributed by atoms with van der Waals surface area (Å²) in [5, 5.41) is 2.92. The van der Waals surface area contributed by atoms with Crippen molar-refractivity contribution in [3.8, 4) is 0 Å². The largest absolute Gasteiger partial charge is 0.356 e. The number of carbonyl (C=O) groups is 1. The lowest BCUT2D eigenvalue weighted by Gasteiger charge is -2.17. The van der Waals surface area contributed by atoms with E-state index >= 15 is 0 Å². The van der Waals surface area contributed by atoms with E-state index in [1.807, 2.05) is 20.8 Å². The van der Waals surface area contributed by atoms with E-state index in [4.69, 9.17) is 0 Å². The van der Waals surface area contributed by atoms with Gasteiger partial charge in [-0.05, 0) is 6.42 Å². The van der Waals surface area contributed by atoms with Gasteiger partial charge in [0.25, 0.3) is 0 Å². The van der Waals surface area contributed by atoms with Crippen LogP contribution in [0.3, 0.4) is 0 Å². The van der Waals surface area contributed by atoms with Crippen LogP contribution in [-0.4, -0.2) is 12.5 Å². The van der Waals surface area contributed by atoms with Crippen LogP contribution in [0.4, 0.5) is 0 Å². The average molecular weight is 171 g/mol. The molecule has 0 rings (SSSR count). The average Bonchev–Trinajstić information content (AvgIpc) is 1.96. The molecule has 0 heterocycles. The maximum Gasteiger partial charge on any atom is 0.225 e. The second kappa shape index (κ2) is 5.18. The van der Waals surface area contributed by atoms with E-state index in [1.54, 1.807) is 0 Å². The molecule has 0 aromatic carbocycles. The van der Waals surface area contributed by atoms with Gasteiger partial charge in [0.15, 0.2) is 0 Å². The number of hydrogen-bond donors (Lipinski definition) is 1. The summed E-state index contributed by atoms with van der Waals surface area (Å²) in [6.07, 6.45) is 3.49. The molecule has 2 heteroatoms. The first-order valence-corrected chi connectivity index (χ1v) is 4.76. The lowest BCUT2D eigenvalue weighted by molar-refractivity contribution is -0.128. The van der Waals surface area contributed by atoms with Gasteiger partial charge in [-0.2, -0.15) is 0 Å². The minimum Gasteiger partial charge on any atom is -0.356 e. The molecule has 12 heavy (non-hydrogen) atoms. The molecule has 0 aromatic heterocycles. The molecule has 2 nitrogen and oxygen atoms in total. The first-order chi connectivity index (χ1) is 5.48. The summed E-state index contributed by atoms with van der Waals surface area (Å²) in [5.74, 6) is 0.151. The molecule has 0 bridgehead atoms. The van der Waals surface area contributed by atoms with Gasteiger partial charge in [-0.1, -0.05) is 40.5 Å². The summed E-state index contributed by atoms with van der Waals surface area (Å²) in [7, 11) is 0. The third-order valence-electron chi connectivity index (χ3n) is 1.75. The van der Waals surface area contributed by atoms with Crippen molar-refractivity contribution in [3.05, 3.63) is 0 Å². The topological polar surface area (TPSA) is 29.1 Å². The lowest BCUT2D eigenvalue weighted by Crippen LogP contribution is -2.35. The Bertz CT molecular complexity index is 135. The minimum absolute atomic E-state index is 0.151. The van der Waals surface area contributed by atoms with Crippen LogP contribution in [0.1, 0.15) is 47.0 Å². The number of unbranched alkanes of at least 4 members (excludes halogenated alkanes) is 2. The van der Waals surface area contributed by atoms with Crippen LogP contribution in [0.2, 0.25) is 0 Å². The third kappa shape index (κ3) is 5.16. The standard InChI is InChI=1S/C10H21NO/c1-5-6-7-8-11-9(12)10(2,3)4/h5-8H2,1-4H3,(H,11,12). The van der Waals surface area contributed by atoms with Gasteiger partial charge < -0.3 is 5.32 Å². The van der Waals surface area contributed by atoms with Gasteiger partial charge in [-0.25, -0.2) is 0 Å². The summed E-state index contributed by atoms with van der Waals surface area (Å²) in [6, 6.07) is 0. The Hall–Kier alpha value is -0.530. The number of nitrogens with one attached hydrogen (secondary N) is 1. The minimum atomic E-state index is -0.244. The van der Waals surface area contributed by atoms with Gasteiger partial charge in [0.1, 0.15) is 0 Å². The molecular weight excluding hydrogens is 150 g/mol. The monoisotopic (exact) mass is 171 g/mol. The Balaban J connectivity index is 3.45. The van der Waals surface area contributed by atoms with E-state index in [9.17, 15) is 4.79 Å². The van der Waals surface area contributed by atoms with Crippen molar-refractivity contribution in [1.29, 1.82) is 0 Å². The molecular formula is C10H21NO. The molecule has 0 fully saturated rings. The first-order valence-electron chi connectivity index (χ1n) is 4.76. The summed E-state index contributed by atoms with van der Waals surface area (Å²) < 4.78 is 0. The molecule has 0 aliphatic rings. The van der Waals surface area contributed by atoms with Gasteiger partial charge in [0.05, 0.1) is 0 Å². The van der Waals surface area contributed by atoms with E-state index < -0.39 is 0 Å². The maximum atomic E-state index is 11.3. The Labute approximate surface area is 75.7 Å². The van der Waals surface area contributed by atoms with Gasteiger partial charge in [-0.3, -0.25) is 4.79 Å². The van der Waals surface area contributed by atoms with Crippen LogP contribution in [0.25, 0.3) is 0 Å². The van der Waals surface area contributed by atoms with Crippen molar-refractivity contribution in [2.24, 2.45) is 5.41 Å². The lowest BCUT2D eigenvalue weighted by atomic mass is 9.96. The fourth-order valence-corrected chi connectivity index (χ4v) is 0.842. The Morgan fingerprint density at radius 1 is 1.25 bits per heavy atom. The molecule has 0 aliphatic carbocycles. The van der Waals surface area contributed by atoms with Crippen molar-refractivity contribution >= 4 is 5.91 Å². The number of carbonyl (C=O) groups excluding carboxylic acids is 1. The third-order valence-corrected chi connectivity index (χ3v) is 1.75. The zero-order chi connectivity index (χ0) is 9.61. The number of hydrogen-bond acceptors (Lipinski definition) is 1. The van der Waals surface area contributed by atoms with E-state index in [-0.39, 0.29) is 11.3 Å². The van der Waals surface area contributed by atoms with E-state index in [1.165, 1.54) is 12.8 Å². The fourth-order valence-electron chi connectivity index (χ4n) is 0.842. The van der Waals surface area contributed by atoms with Gasteiger partial charge >= 0.3 is 0 Å². The highest BCUT2D eigenvalue weighted by Crippen LogP contribution is 2.12. The van der Waals surface area contributed by atoms with Crippen molar-refractivity contribution in [3.63, 3.8) is 0 Å². The van der Waals surface area contributed by atoms with Gasteiger partial charge in [0, 0.05) is 12.0 Å². The second-order valence-electron chi connectivity index (χ2n) is 4.21. The van der Waals surface area contributed by atoms with Crippen LogP contribution >= 0.6 is 0 Å². The zero-order valence-corrected chi connectivity index (χ0v) is 8.74. The van der Waals surface area contributed by atoms with Gasteiger partial charge in [0.2, 0.25) is 5.91 Å². The molecule has 72 valence electrons. The molecule has 0 aromatic rings. The van der Waals surface area contributed by atoms with Gasteiger partial charge in [-0.15, -0.1) is 0 Å². The fraction of sp³-hybridized carbons (Fsp3) is 0.900. The van der Waals surface area contributed by atoms with E-state index in [0.29, 0.717) is 0 Å². The van der Waals surface area contributed by atoms with Crippen molar-refractivity contribution in [2.45, 2.75) is 47.0 Å². The number of rotatable bonds is 4. The quantitative estimate of drug-likeness (QED) is 0.646. The molecule has 1 amide bonds. The summed E-state index contributed by atoms with van der Waals surface area (Å²) in [5.41, 5.74) is -0.244. The number of amides is 1. The smallest absolute Gasteiger partial charge is 0.225 e. The highest BCUT2D eigenvalue weighted by atomic mass is 16.2. The predicted octanol–water partition coefficient (Wildman–Crippen LogP) is 2.34. The highest BCUT2D eigenvalue weighted by Gasteiger charge is 2.19. The van der Waals surface area contributed by atoms with Crippen molar-refractivity contribution in [2.75, 3.05) is 6.54 Å². The van der Waals surface area contributed by atoms with Crippen LogP contribution < -0.4 is 5.32 Å². The molecule has 0 saturated carbocycles. The van der Waals surface area contributed by atoms with E-state index in [0.717, 1.165) is 13.0 Å². The SMILES string of the molecule is CCCCCNC(=O)C(C)(C)C. The van der Waals surface area contributed by atoms with Crippen LogP contribution in [-0.2, 0) is 4.79 Å². The van der Waals surface area contributed by atoms with E-state index in [2.05, 4.69) is 12.2 Å². The molecule has 0 radical (unpaired) electrons. The normalized spacial score (nSPS) is 11.3. The molecule has 0 aliphatic heterocycles. The summed E-state index contributed by atoms with van der Waals surface area (Å²) >= 11 is 0. The summed E-state index contributed by atoms with van der Waals surface area (Å²) in [4.78, 5) is 11.3. The van der Waals surface area contributed by atoms with Crippen molar-refractivity contribution < 1.29 is 4.79 Å². The van der Waals surface area contributed by atoms with Crippen molar-refractivity contribution in [1.82, 2.24) is 5.32 Å². The Morgan fingerprint density at radius 2 is 1.83 bits per heavy atom. The Morgan fingerprint density at radius 3 is 2.25 bits per heavy atom. The first kappa shape index (κ1) is 11.5. The molecule has 1 N–H and O–H groups in total. The van der Waals surface area contributed by atoms with Crippen LogP contribution in [0, 0.1) is 5.41 Å². The maximum absolute atomic E-state index is 11.3. The Kier molecular flexibility index (Phi) is 4.95. The predicted molar refractivity (Wildman–Crippen MR) is 52.0 cm³/mol. The summed E-state index contributed by atoms with van der Waals surface area (Å²) in [6.45, 7) is 8.78. The molecule has 0 spiro atoms.